The third kappa shape index (κ3) is 6.87. The van der Waals surface area contributed by atoms with Crippen LogP contribution < -0.4 is 0 Å². The fourth-order valence-electron chi connectivity index (χ4n) is 1.66. The van der Waals surface area contributed by atoms with Crippen LogP contribution >= 0.6 is 0 Å². The lowest BCUT2D eigenvalue weighted by atomic mass is 9.78. The van der Waals surface area contributed by atoms with Gasteiger partial charge in [0.15, 0.2) is 0 Å². The van der Waals surface area contributed by atoms with Crippen molar-refractivity contribution in [1.29, 1.82) is 0 Å². The number of allylic oxidation sites excluding steroid dienone is 1. The Morgan fingerprint density at radius 2 is 1.90 bits per heavy atom. The monoisotopic (exact) mass is 284 g/mol. The van der Waals surface area contributed by atoms with Crippen LogP contribution in [0, 0.1) is 11.3 Å². The minimum absolute atomic E-state index is 0.168. The van der Waals surface area contributed by atoms with Crippen molar-refractivity contribution in [3.8, 4) is 0 Å². The van der Waals surface area contributed by atoms with Gasteiger partial charge in [0.05, 0.1) is 18.6 Å². The molecule has 20 heavy (non-hydrogen) atoms. The normalized spacial score (nSPS) is 13.7. The van der Waals surface area contributed by atoms with E-state index in [0.717, 1.165) is 5.57 Å². The van der Waals surface area contributed by atoms with Crippen molar-refractivity contribution in [2.24, 2.45) is 11.3 Å². The molecule has 0 saturated heterocycles. The summed E-state index contributed by atoms with van der Waals surface area (Å²) in [5.74, 6) is -0.0500. The summed E-state index contributed by atoms with van der Waals surface area (Å²) >= 11 is 0. The van der Waals surface area contributed by atoms with Gasteiger partial charge in [-0.3, -0.25) is 4.79 Å². The third-order valence-electron chi connectivity index (χ3n) is 3.09. The molecule has 4 nitrogen and oxygen atoms in total. The molecule has 0 aromatic carbocycles. The molecule has 0 N–H and O–H groups in total. The Bertz CT molecular complexity index is 329. The molecular weight excluding hydrogens is 256 g/mol. The molecule has 0 amide bonds. The molecule has 1 atom stereocenters. The highest BCUT2D eigenvalue weighted by molar-refractivity contribution is 5.79. The van der Waals surface area contributed by atoms with Crippen molar-refractivity contribution in [2.75, 3.05) is 26.6 Å². The Labute approximate surface area is 122 Å². The number of esters is 1. The van der Waals surface area contributed by atoms with Crippen LogP contribution in [0.5, 0.6) is 0 Å². The summed E-state index contributed by atoms with van der Waals surface area (Å²) in [5.41, 5.74) is 0.505. The summed E-state index contributed by atoms with van der Waals surface area (Å²) in [6, 6.07) is 0. The quantitative estimate of drug-likeness (QED) is 0.267. The minimum Gasteiger partial charge on any atom is -0.463 e. The Balaban J connectivity index is 4.16. The predicted molar refractivity (Wildman–Crippen MR) is 80.3 cm³/mol. The van der Waals surface area contributed by atoms with Crippen LogP contribution in [0.1, 0.15) is 34.6 Å². The first-order valence-electron chi connectivity index (χ1n) is 6.94. The van der Waals surface area contributed by atoms with E-state index in [1.54, 1.807) is 6.08 Å². The van der Waals surface area contributed by atoms with Crippen LogP contribution in [0.15, 0.2) is 24.3 Å². The molecule has 0 heterocycles. The maximum Gasteiger partial charge on any atom is 0.316 e. The Morgan fingerprint density at radius 1 is 1.25 bits per heavy atom. The third-order valence-corrected chi connectivity index (χ3v) is 3.09. The van der Waals surface area contributed by atoms with Crippen molar-refractivity contribution in [3.05, 3.63) is 24.3 Å². The zero-order valence-corrected chi connectivity index (χ0v) is 13.4. The maximum absolute atomic E-state index is 12.2. The summed E-state index contributed by atoms with van der Waals surface area (Å²) in [4.78, 5) is 12.2. The van der Waals surface area contributed by atoms with E-state index in [2.05, 4.69) is 6.58 Å². The van der Waals surface area contributed by atoms with Gasteiger partial charge < -0.3 is 14.2 Å². The van der Waals surface area contributed by atoms with E-state index in [0.29, 0.717) is 13.2 Å². The molecule has 1 unspecified atom stereocenters. The Kier molecular flexibility index (Phi) is 9.17. The minimum atomic E-state index is -0.599. The van der Waals surface area contributed by atoms with Crippen LogP contribution in [-0.2, 0) is 19.0 Å². The van der Waals surface area contributed by atoms with Gasteiger partial charge in [0.1, 0.15) is 13.4 Å². The zero-order chi connectivity index (χ0) is 15.6. The summed E-state index contributed by atoms with van der Waals surface area (Å²) in [5, 5.41) is 0. The molecule has 0 rings (SSSR count). The van der Waals surface area contributed by atoms with Crippen LogP contribution in [0.4, 0.5) is 0 Å². The van der Waals surface area contributed by atoms with Crippen molar-refractivity contribution in [2.45, 2.75) is 34.6 Å². The first-order valence-corrected chi connectivity index (χ1v) is 6.94. The number of hydrogen-bond donors (Lipinski definition) is 0. The number of ether oxygens (including phenoxy) is 3. The zero-order valence-electron chi connectivity index (χ0n) is 13.4. The lowest BCUT2D eigenvalue weighted by molar-refractivity contribution is -0.157. The van der Waals surface area contributed by atoms with E-state index in [1.165, 1.54) is 0 Å². The molecule has 0 fully saturated rings. The standard InChI is InChI=1S/C16H28O4/c1-7-8-18-12-19-9-10-20-15(17)16(6,14(4)5)11-13(2)3/h7,11,14H,1,8-10,12H2,2-6H3. The molecule has 0 aromatic heterocycles. The van der Waals surface area contributed by atoms with Gasteiger partial charge in [-0.15, -0.1) is 6.58 Å². The maximum atomic E-state index is 12.2. The van der Waals surface area contributed by atoms with E-state index < -0.39 is 5.41 Å². The van der Waals surface area contributed by atoms with Crippen molar-refractivity contribution < 1.29 is 19.0 Å². The van der Waals surface area contributed by atoms with Crippen molar-refractivity contribution in [1.82, 2.24) is 0 Å². The van der Waals surface area contributed by atoms with E-state index >= 15 is 0 Å². The molecule has 4 heteroatoms. The highest BCUT2D eigenvalue weighted by Crippen LogP contribution is 2.31. The number of carbonyl (C=O) groups excluding carboxylic acids is 1. The van der Waals surface area contributed by atoms with Crippen molar-refractivity contribution >= 4 is 5.97 Å². The molecule has 116 valence electrons. The second kappa shape index (κ2) is 9.72. The first kappa shape index (κ1) is 18.9. The van der Waals surface area contributed by atoms with E-state index in [-0.39, 0.29) is 25.3 Å². The van der Waals surface area contributed by atoms with E-state index in [1.807, 2.05) is 40.7 Å². The molecule has 0 radical (unpaired) electrons. The number of hydrogen-bond acceptors (Lipinski definition) is 4. The first-order chi connectivity index (χ1) is 9.34. The summed E-state index contributed by atoms with van der Waals surface area (Å²) in [6.07, 6.45) is 3.62. The average molecular weight is 284 g/mol. The Morgan fingerprint density at radius 3 is 2.40 bits per heavy atom. The summed E-state index contributed by atoms with van der Waals surface area (Å²) in [6.45, 7) is 14.6. The second-order valence-corrected chi connectivity index (χ2v) is 5.48. The van der Waals surface area contributed by atoms with Gasteiger partial charge in [-0.05, 0) is 26.7 Å². The highest BCUT2D eigenvalue weighted by atomic mass is 16.7. The van der Waals surface area contributed by atoms with Gasteiger partial charge in [-0.2, -0.15) is 0 Å². The molecule has 0 spiro atoms. The highest BCUT2D eigenvalue weighted by Gasteiger charge is 2.35. The van der Waals surface area contributed by atoms with Crippen LogP contribution in [0.3, 0.4) is 0 Å². The number of rotatable bonds is 10. The van der Waals surface area contributed by atoms with Gasteiger partial charge in [-0.25, -0.2) is 0 Å². The molecule has 0 aromatic rings. The van der Waals surface area contributed by atoms with Gasteiger partial charge in [0.25, 0.3) is 0 Å². The van der Waals surface area contributed by atoms with Crippen LogP contribution in [-0.4, -0.2) is 32.6 Å². The lowest BCUT2D eigenvalue weighted by Crippen LogP contribution is -2.34. The average Bonchev–Trinajstić information content (AvgIpc) is 2.36. The summed E-state index contributed by atoms with van der Waals surface area (Å²) < 4.78 is 15.5. The summed E-state index contributed by atoms with van der Waals surface area (Å²) in [7, 11) is 0. The van der Waals surface area contributed by atoms with E-state index in [4.69, 9.17) is 14.2 Å². The van der Waals surface area contributed by atoms with Crippen molar-refractivity contribution in [3.63, 3.8) is 0 Å². The van der Waals surface area contributed by atoms with Gasteiger partial charge in [0.2, 0.25) is 0 Å². The predicted octanol–water partition coefficient (Wildman–Crippen LogP) is 3.33. The molecule has 0 aliphatic carbocycles. The topological polar surface area (TPSA) is 44.8 Å². The van der Waals surface area contributed by atoms with Gasteiger partial charge in [-0.1, -0.05) is 31.6 Å². The fraction of sp³-hybridized carbons (Fsp3) is 0.688. The Hall–Kier alpha value is -1.13. The smallest absolute Gasteiger partial charge is 0.316 e. The number of carbonyl (C=O) groups is 1. The molecule has 0 bridgehead atoms. The second-order valence-electron chi connectivity index (χ2n) is 5.48. The van der Waals surface area contributed by atoms with Gasteiger partial charge >= 0.3 is 5.97 Å². The molecular formula is C16H28O4. The fourth-order valence-corrected chi connectivity index (χ4v) is 1.66. The molecule has 0 saturated carbocycles. The molecule has 0 aliphatic rings. The lowest BCUT2D eigenvalue weighted by Gasteiger charge is -2.28. The van der Waals surface area contributed by atoms with Crippen LogP contribution in [0.2, 0.25) is 0 Å². The largest absolute Gasteiger partial charge is 0.463 e. The van der Waals surface area contributed by atoms with Gasteiger partial charge in [0, 0.05) is 0 Å². The van der Waals surface area contributed by atoms with Crippen LogP contribution in [0.25, 0.3) is 0 Å². The SMILES string of the molecule is C=CCOCOCCOC(=O)C(C)(C=C(C)C)C(C)C. The molecule has 0 aliphatic heterocycles. The van der Waals surface area contributed by atoms with E-state index in [9.17, 15) is 4.79 Å².